The quantitative estimate of drug-likeness (QED) is 0.523. The van der Waals surface area contributed by atoms with E-state index in [9.17, 15) is 18.4 Å². The summed E-state index contributed by atoms with van der Waals surface area (Å²) < 4.78 is 38.0. The van der Waals surface area contributed by atoms with Crippen LogP contribution in [0.1, 0.15) is 62.9 Å². The summed E-state index contributed by atoms with van der Waals surface area (Å²) in [7, 11) is 0. The van der Waals surface area contributed by atoms with E-state index in [1.807, 2.05) is 13.8 Å². The summed E-state index contributed by atoms with van der Waals surface area (Å²) in [6.07, 6.45) is 6.54. The molecule has 0 bridgehead atoms. The van der Waals surface area contributed by atoms with Gasteiger partial charge in [-0.1, -0.05) is 24.4 Å². The van der Waals surface area contributed by atoms with E-state index in [1.165, 1.54) is 31.4 Å². The number of hydrogen-bond donors (Lipinski definition) is 2. The fraction of sp³-hybridized carbons (Fsp3) is 0.593. The second-order valence-corrected chi connectivity index (χ2v) is 10.0. The molecule has 0 unspecified atom stereocenters. The van der Waals surface area contributed by atoms with Crippen LogP contribution in [0.2, 0.25) is 0 Å². The van der Waals surface area contributed by atoms with Gasteiger partial charge < -0.3 is 19.9 Å². The highest BCUT2D eigenvalue weighted by Gasteiger charge is 2.38. The van der Waals surface area contributed by atoms with Crippen molar-refractivity contribution >= 4 is 11.8 Å². The Morgan fingerprint density at radius 2 is 1.97 bits per heavy atom. The van der Waals surface area contributed by atoms with Crippen LogP contribution < -0.4 is 10.6 Å². The molecule has 10 heteroatoms. The molecule has 1 aromatic carbocycles. The number of benzene rings is 1. The average molecular weight is 519 g/mol. The molecule has 1 saturated carbocycles. The standard InChI is InChI=1S/C27H36F2N4O4/c1-3-36-16-17(2)30-26(34)21-15-33(19-7-5-4-6-8-19)12-11-23(21)31-27(35)24-14-25(37-32-24)20-10-9-18(28)13-22(20)29/h9-10,13-14,17,19,21,23H,3-8,11-12,15-16H2,1-2H3,(H,30,34)(H,31,35)/t17-,21+,23+/m0/s1. The molecule has 1 saturated heterocycles. The molecule has 0 radical (unpaired) electrons. The van der Waals surface area contributed by atoms with Gasteiger partial charge in [0.15, 0.2) is 11.5 Å². The highest BCUT2D eigenvalue weighted by Crippen LogP contribution is 2.28. The topological polar surface area (TPSA) is 96.7 Å². The van der Waals surface area contributed by atoms with Crippen molar-refractivity contribution in [3.63, 3.8) is 0 Å². The molecule has 3 atom stereocenters. The molecule has 1 aliphatic carbocycles. The Morgan fingerprint density at radius 3 is 2.70 bits per heavy atom. The van der Waals surface area contributed by atoms with Gasteiger partial charge in [0.05, 0.1) is 18.1 Å². The van der Waals surface area contributed by atoms with E-state index in [4.69, 9.17) is 9.26 Å². The molecule has 2 heterocycles. The number of aromatic nitrogens is 1. The number of halogens is 2. The minimum Gasteiger partial charge on any atom is -0.380 e. The van der Waals surface area contributed by atoms with Crippen molar-refractivity contribution in [3.8, 4) is 11.3 Å². The molecule has 37 heavy (non-hydrogen) atoms. The SMILES string of the molecule is CCOC[C@H](C)NC(=O)[C@@H]1CN(C2CCCCC2)CC[C@H]1NC(=O)c1cc(-c2ccc(F)cc2F)on1. The number of amides is 2. The molecule has 1 aromatic heterocycles. The van der Waals surface area contributed by atoms with Crippen LogP contribution in [0.15, 0.2) is 28.8 Å². The molecule has 8 nitrogen and oxygen atoms in total. The van der Waals surface area contributed by atoms with E-state index in [0.29, 0.717) is 32.2 Å². The van der Waals surface area contributed by atoms with E-state index in [0.717, 1.165) is 31.5 Å². The zero-order chi connectivity index (χ0) is 26.4. The molecule has 2 N–H and O–H groups in total. The molecule has 2 aliphatic rings. The number of hydrogen-bond acceptors (Lipinski definition) is 6. The first-order valence-corrected chi connectivity index (χ1v) is 13.2. The van der Waals surface area contributed by atoms with Crippen molar-refractivity contribution in [2.75, 3.05) is 26.3 Å². The zero-order valence-corrected chi connectivity index (χ0v) is 21.5. The van der Waals surface area contributed by atoms with E-state index in [1.54, 1.807) is 0 Å². The highest BCUT2D eigenvalue weighted by molar-refractivity contribution is 5.94. The normalized spacial score (nSPS) is 21.9. The third-order valence-electron chi connectivity index (χ3n) is 7.29. The number of nitrogens with one attached hydrogen (secondary N) is 2. The number of likely N-dealkylation sites (tertiary alicyclic amines) is 1. The van der Waals surface area contributed by atoms with Crippen molar-refractivity contribution in [2.45, 2.75) is 70.5 Å². The second-order valence-electron chi connectivity index (χ2n) is 10.0. The monoisotopic (exact) mass is 518 g/mol. The fourth-order valence-corrected chi connectivity index (χ4v) is 5.32. The third-order valence-corrected chi connectivity index (χ3v) is 7.29. The number of carbonyl (C=O) groups is 2. The van der Waals surface area contributed by atoms with Crippen LogP contribution >= 0.6 is 0 Å². The van der Waals surface area contributed by atoms with Crippen LogP contribution in [0.5, 0.6) is 0 Å². The first-order chi connectivity index (χ1) is 17.9. The molecule has 2 aromatic rings. The Kier molecular flexibility index (Phi) is 9.26. The summed E-state index contributed by atoms with van der Waals surface area (Å²) in [6.45, 7) is 6.14. The lowest BCUT2D eigenvalue weighted by Crippen LogP contribution is -2.58. The molecular weight excluding hydrogens is 482 g/mol. The Hall–Kier alpha value is -2.85. The summed E-state index contributed by atoms with van der Waals surface area (Å²) in [5.74, 6) is -2.56. The Bertz CT molecular complexity index is 1070. The third kappa shape index (κ3) is 6.93. The highest BCUT2D eigenvalue weighted by atomic mass is 19.1. The van der Waals surface area contributed by atoms with Gasteiger partial charge >= 0.3 is 0 Å². The number of ether oxygens (including phenoxy) is 1. The van der Waals surface area contributed by atoms with Gasteiger partial charge in [0.25, 0.3) is 5.91 Å². The van der Waals surface area contributed by atoms with Gasteiger partial charge in [-0.15, -0.1) is 0 Å². The summed E-state index contributed by atoms with van der Waals surface area (Å²) in [4.78, 5) is 28.8. The number of nitrogens with zero attached hydrogens (tertiary/aromatic N) is 2. The van der Waals surface area contributed by atoms with Crippen LogP contribution in [-0.4, -0.2) is 66.3 Å². The molecular formula is C27H36F2N4O4. The van der Waals surface area contributed by atoms with Gasteiger partial charge in [-0.2, -0.15) is 0 Å². The van der Waals surface area contributed by atoms with Gasteiger partial charge in [-0.3, -0.25) is 14.5 Å². The van der Waals surface area contributed by atoms with E-state index >= 15 is 0 Å². The van der Waals surface area contributed by atoms with Crippen LogP contribution in [-0.2, 0) is 9.53 Å². The van der Waals surface area contributed by atoms with Crippen molar-refractivity contribution in [3.05, 3.63) is 41.6 Å². The van der Waals surface area contributed by atoms with E-state index in [2.05, 4.69) is 20.7 Å². The molecule has 2 fully saturated rings. The van der Waals surface area contributed by atoms with Crippen molar-refractivity contribution < 1.29 is 27.6 Å². The van der Waals surface area contributed by atoms with Crippen LogP contribution in [0.4, 0.5) is 8.78 Å². The predicted molar refractivity (Wildman–Crippen MR) is 134 cm³/mol. The van der Waals surface area contributed by atoms with Crippen LogP contribution in [0.25, 0.3) is 11.3 Å². The van der Waals surface area contributed by atoms with Gasteiger partial charge in [-0.05, 0) is 45.2 Å². The summed E-state index contributed by atoms with van der Waals surface area (Å²) in [5, 5.41) is 9.79. The van der Waals surface area contributed by atoms with E-state index in [-0.39, 0.29) is 29.0 Å². The molecule has 2 amide bonds. The van der Waals surface area contributed by atoms with Crippen molar-refractivity contribution in [1.29, 1.82) is 0 Å². The lowest BCUT2D eigenvalue weighted by molar-refractivity contribution is -0.129. The maximum atomic E-state index is 14.1. The Labute approximate surface area is 216 Å². The first kappa shape index (κ1) is 27.2. The molecule has 4 rings (SSSR count). The number of carbonyl (C=O) groups excluding carboxylic acids is 2. The lowest BCUT2D eigenvalue weighted by atomic mass is 9.86. The van der Waals surface area contributed by atoms with Gasteiger partial charge in [0.2, 0.25) is 5.91 Å². The molecule has 1 aliphatic heterocycles. The maximum absolute atomic E-state index is 14.1. The van der Waals surface area contributed by atoms with Gasteiger partial charge in [0, 0.05) is 50.0 Å². The van der Waals surface area contributed by atoms with Crippen molar-refractivity contribution in [1.82, 2.24) is 20.7 Å². The summed E-state index contributed by atoms with van der Waals surface area (Å²) >= 11 is 0. The summed E-state index contributed by atoms with van der Waals surface area (Å²) in [6, 6.07) is 4.32. The van der Waals surface area contributed by atoms with Gasteiger partial charge in [0.1, 0.15) is 11.6 Å². The first-order valence-electron chi connectivity index (χ1n) is 13.2. The minimum atomic E-state index is -0.809. The molecule has 0 spiro atoms. The van der Waals surface area contributed by atoms with E-state index < -0.39 is 29.5 Å². The molecule has 202 valence electrons. The largest absolute Gasteiger partial charge is 0.380 e. The minimum absolute atomic E-state index is 0.00859. The predicted octanol–water partition coefficient (Wildman–Crippen LogP) is 3.91. The Morgan fingerprint density at radius 1 is 1.19 bits per heavy atom. The Balaban J connectivity index is 1.46. The lowest BCUT2D eigenvalue weighted by Gasteiger charge is -2.43. The van der Waals surface area contributed by atoms with Crippen LogP contribution in [0.3, 0.4) is 0 Å². The van der Waals surface area contributed by atoms with Crippen molar-refractivity contribution in [2.24, 2.45) is 5.92 Å². The number of rotatable bonds is 9. The maximum Gasteiger partial charge on any atom is 0.273 e. The number of piperidine rings is 1. The second kappa shape index (κ2) is 12.6. The fourth-order valence-electron chi connectivity index (χ4n) is 5.32. The van der Waals surface area contributed by atoms with Crippen LogP contribution in [0, 0.1) is 17.6 Å². The average Bonchev–Trinajstić information content (AvgIpc) is 3.38. The zero-order valence-electron chi connectivity index (χ0n) is 21.5. The smallest absolute Gasteiger partial charge is 0.273 e. The van der Waals surface area contributed by atoms with Gasteiger partial charge in [-0.25, -0.2) is 8.78 Å². The summed E-state index contributed by atoms with van der Waals surface area (Å²) in [5.41, 5.74) is -0.0217.